The Morgan fingerprint density at radius 1 is 1.15 bits per heavy atom. The Morgan fingerprint density at radius 3 is 2.60 bits per heavy atom. The van der Waals surface area contributed by atoms with Crippen LogP contribution in [0.2, 0.25) is 0 Å². The second-order valence-corrected chi connectivity index (χ2v) is 5.15. The number of aromatic nitrogens is 1. The fourth-order valence-corrected chi connectivity index (χ4v) is 1.87. The molecule has 0 aliphatic carbocycles. The van der Waals surface area contributed by atoms with Crippen molar-refractivity contribution in [3.05, 3.63) is 52.6 Å². The lowest BCUT2D eigenvalue weighted by molar-refractivity contribution is 0.199. The molecule has 0 unspecified atom stereocenters. The number of rotatable bonds is 7. The van der Waals surface area contributed by atoms with E-state index < -0.39 is 0 Å². The number of hydrogen-bond acceptors (Lipinski definition) is 4. The fraction of sp³-hybridized carbons (Fsp3) is 0.267. The van der Waals surface area contributed by atoms with E-state index in [9.17, 15) is 0 Å². The molecule has 1 aromatic carbocycles. The number of nitrogens with one attached hydrogen (secondary N) is 1. The van der Waals surface area contributed by atoms with E-state index in [0.717, 1.165) is 28.9 Å². The van der Waals surface area contributed by atoms with Crippen LogP contribution in [0, 0.1) is 0 Å². The summed E-state index contributed by atoms with van der Waals surface area (Å²) in [6, 6.07) is 11.5. The molecule has 1 aromatic heterocycles. The molecule has 0 spiro atoms. The van der Waals surface area contributed by atoms with E-state index in [0.29, 0.717) is 12.5 Å². The van der Waals surface area contributed by atoms with Crippen molar-refractivity contribution in [3.8, 4) is 11.6 Å². The predicted octanol–water partition coefficient (Wildman–Crippen LogP) is 3.37. The Morgan fingerprint density at radius 2 is 1.95 bits per heavy atom. The molecule has 0 radical (unpaired) electrons. The Kier molecular flexibility index (Phi) is 5.98. The van der Waals surface area contributed by atoms with Crippen LogP contribution in [0.3, 0.4) is 0 Å². The summed E-state index contributed by atoms with van der Waals surface area (Å²) in [5, 5.41) is 3.27. The zero-order chi connectivity index (χ0) is 14.2. The van der Waals surface area contributed by atoms with Gasteiger partial charge in [0.2, 0.25) is 5.88 Å². The molecule has 1 heterocycles. The van der Waals surface area contributed by atoms with Gasteiger partial charge >= 0.3 is 0 Å². The van der Waals surface area contributed by atoms with Gasteiger partial charge in [-0.25, -0.2) is 4.98 Å². The third-order valence-electron chi connectivity index (χ3n) is 2.65. The standard InChI is InChI=1S/C15H17BrN2O2/c1-19-9-8-17-10-12-2-7-15(18-11-12)20-14-5-3-13(16)4-6-14/h2-7,11,17H,8-10H2,1H3. The number of methoxy groups -OCH3 is 1. The number of ether oxygens (including phenoxy) is 2. The SMILES string of the molecule is COCCNCc1ccc(Oc2ccc(Br)cc2)nc1. The number of halogens is 1. The summed E-state index contributed by atoms with van der Waals surface area (Å²) in [6.07, 6.45) is 1.81. The molecule has 0 bridgehead atoms. The molecule has 106 valence electrons. The predicted molar refractivity (Wildman–Crippen MR) is 82.0 cm³/mol. The second kappa shape index (κ2) is 7.99. The minimum atomic E-state index is 0.591. The van der Waals surface area contributed by atoms with E-state index in [1.54, 1.807) is 7.11 Å². The van der Waals surface area contributed by atoms with E-state index >= 15 is 0 Å². The van der Waals surface area contributed by atoms with E-state index in [-0.39, 0.29) is 0 Å². The molecule has 1 N–H and O–H groups in total. The number of hydrogen-bond donors (Lipinski definition) is 1. The number of nitrogens with zero attached hydrogens (tertiary/aromatic N) is 1. The van der Waals surface area contributed by atoms with Crippen LogP contribution in [0.15, 0.2) is 47.1 Å². The normalized spacial score (nSPS) is 10.5. The van der Waals surface area contributed by atoms with Crippen molar-refractivity contribution in [1.29, 1.82) is 0 Å². The number of pyridine rings is 1. The summed E-state index contributed by atoms with van der Waals surface area (Å²) < 4.78 is 11.7. The van der Waals surface area contributed by atoms with Crippen LogP contribution in [-0.4, -0.2) is 25.2 Å². The largest absolute Gasteiger partial charge is 0.439 e. The summed E-state index contributed by atoms with van der Waals surface area (Å²) in [4.78, 5) is 4.29. The highest BCUT2D eigenvalue weighted by molar-refractivity contribution is 9.10. The maximum absolute atomic E-state index is 5.66. The first-order valence-corrected chi connectivity index (χ1v) is 7.15. The molecular formula is C15H17BrN2O2. The Hall–Kier alpha value is -1.43. The van der Waals surface area contributed by atoms with Gasteiger partial charge < -0.3 is 14.8 Å². The smallest absolute Gasteiger partial charge is 0.219 e. The number of benzene rings is 1. The molecule has 2 aromatic rings. The van der Waals surface area contributed by atoms with Gasteiger partial charge in [-0.3, -0.25) is 0 Å². The van der Waals surface area contributed by atoms with Crippen LogP contribution in [-0.2, 0) is 11.3 Å². The van der Waals surface area contributed by atoms with Crippen LogP contribution in [0.5, 0.6) is 11.6 Å². The first kappa shape index (κ1) is 15.0. The van der Waals surface area contributed by atoms with Gasteiger partial charge in [-0.15, -0.1) is 0 Å². The Bertz CT molecular complexity index is 514. The van der Waals surface area contributed by atoms with Crippen molar-refractivity contribution in [2.45, 2.75) is 6.54 Å². The fourth-order valence-electron chi connectivity index (χ4n) is 1.61. The summed E-state index contributed by atoms with van der Waals surface area (Å²) in [5.41, 5.74) is 1.12. The first-order valence-electron chi connectivity index (χ1n) is 6.36. The summed E-state index contributed by atoms with van der Waals surface area (Å²) >= 11 is 3.39. The molecule has 0 aliphatic heterocycles. The summed E-state index contributed by atoms with van der Waals surface area (Å²) in [5.74, 6) is 1.36. The van der Waals surface area contributed by atoms with Crippen molar-refractivity contribution in [3.63, 3.8) is 0 Å². The highest BCUT2D eigenvalue weighted by Gasteiger charge is 1.99. The quantitative estimate of drug-likeness (QED) is 0.787. The molecule has 4 nitrogen and oxygen atoms in total. The van der Waals surface area contributed by atoms with Gasteiger partial charge in [-0.05, 0) is 29.8 Å². The maximum Gasteiger partial charge on any atom is 0.219 e. The van der Waals surface area contributed by atoms with Crippen LogP contribution in [0.25, 0.3) is 0 Å². The molecule has 5 heteroatoms. The van der Waals surface area contributed by atoms with Crippen molar-refractivity contribution < 1.29 is 9.47 Å². The Balaban J connectivity index is 1.86. The van der Waals surface area contributed by atoms with E-state index in [4.69, 9.17) is 9.47 Å². The molecule has 0 aliphatic rings. The average molecular weight is 337 g/mol. The summed E-state index contributed by atoms with van der Waals surface area (Å²) in [7, 11) is 1.69. The lowest BCUT2D eigenvalue weighted by Crippen LogP contribution is -2.18. The topological polar surface area (TPSA) is 43.4 Å². The van der Waals surface area contributed by atoms with Gasteiger partial charge in [0.1, 0.15) is 5.75 Å². The molecule has 0 atom stereocenters. The van der Waals surface area contributed by atoms with Gasteiger partial charge in [0.25, 0.3) is 0 Å². The molecule has 0 saturated heterocycles. The van der Waals surface area contributed by atoms with Gasteiger partial charge in [0.05, 0.1) is 6.61 Å². The monoisotopic (exact) mass is 336 g/mol. The van der Waals surface area contributed by atoms with Crippen molar-refractivity contribution in [2.24, 2.45) is 0 Å². The third-order valence-corrected chi connectivity index (χ3v) is 3.17. The highest BCUT2D eigenvalue weighted by Crippen LogP contribution is 2.21. The van der Waals surface area contributed by atoms with Crippen LogP contribution in [0.4, 0.5) is 0 Å². The molecule has 0 amide bonds. The van der Waals surface area contributed by atoms with Crippen LogP contribution in [0.1, 0.15) is 5.56 Å². The Labute approximate surface area is 127 Å². The van der Waals surface area contributed by atoms with Gasteiger partial charge in [-0.2, -0.15) is 0 Å². The van der Waals surface area contributed by atoms with Gasteiger partial charge in [0.15, 0.2) is 0 Å². The zero-order valence-corrected chi connectivity index (χ0v) is 12.9. The van der Waals surface area contributed by atoms with Crippen LogP contribution < -0.4 is 10.1 Å². The van der Waals surface area contributed by atoms with Crippen molar-refractivity contribution in [1.82, 2.24) is 10.3 Å². The van der Waals surface area contributed by atoms with Crippen molar-refractivity contribution in [2.75, 3.05) is 20.3 Å². The van der Waals surface area contributed by atoms with Gasteiger partial charge in [0, 0.05) is 36.9 Å². The molecule has 0 fully saturated rings. The molecule has 2 rings (SSSR count). The lowest BCUT2D eigenvalue weighted by Gasteiger charge is -2.07. The zero-order valence-electron chi connectivity index (χ0n) is 11.3. The van der Waals surface area contributed by atoms with Crippen molar-refractivity contribution >= 4 is 15.9 Å². The minimum Gasteiger partial charge on any atom is -0.439 e. The third kappa shape index (κ3) is 4.92. The molecule has 0 saturated carbocycles. The lowest BCUT2D eigenvalue weighted by atomic mass is 10.3. The van der Waals surface area contributed by atoms with E-state index in [1.807, 2.05) is 42.6 Å². The average Bonchev–Trinajstić information content (AvgIpc) is 2.48. The second-order valence-electron chi connectivity index (χ2n) is 4.23. The first-order chi connectivity index (χ1) is 9.78. The highest BCUT2D eigenvalue weighted by atomic mass is 79.9. The van der Waals surface area contributed by atoms with Crippen LogP contribution >= 0.6 is 15.9 Å². The van der Waals surface area contributed by atoms with Gasteiger partial charge in [-0.1, -0.05) is 22.0 Å². The van der Waals surface area contributed by atoms with E-state index in [1.165, 1.54) is 0 Å². The van der Waals surface area contributed by atoms with E-state index in [2.05, 4.69) is 26.2 Å². The summed E-state index contributed by atoms with van der Waals surface area (Å²) in [6.45, 7) is 2.31. The molecule has 20 heavy (non-hydrogen) atoms. The minimum absolute atomic E-state index is 0.591. The maximum atomic E-state index is 5.66. The molecular weight excluding hydrogens is 320 g/mol.